The highest BCUT2D eigenvalue weighted by atomic mass is 16.5. The molecule has 2 N–H and O–H groups in total. The third kappa shape index (κ3) is 4.50. The van der Waals surface area contributed by atoms with E-state index in [1.165, 1.54) is 6.21 Å². The zero-order valence-electron chi connectivity index (χ0n) is 12.9. The van der Waals surface area contributed by atoms with E-state index in [9.17, 15) is 9.59 Å². The minimum absolute atomic E-state index is 0.0225. The Morgan fingerprint density at radius 1 is 1.48 bits per heavy atom. The third-order valence-electron chi connectivity index (χ3n) is 3.32. The molecule has 1 atom stereocenters. The molecule has 23 heavy (non-hydrogen) atoms. The first-order valence-electron chi connectivity index (χ1n) is 7.07. The van der Waals surface area contributed by atoms with E-state index in [0.717, 1.165) is 11.3 Å². The van der Waals surface area contributed by atoms with E-state index in [0.29, 0.717) is 5.71 Å². The van der Waals surface area contributed by atoms with Gasteiger partial charge in [-0.3, -0.25) is 9.59 Å². The van der Waals surface area contributed by atoms with Crippen LogP contribution in [0.25, 0.3) is 6.08 Å². The highest BCUT2D eigenvalue weighted by Gasteiger charge is 2.28. The first-order chi connectivity index (χ1) is 11.1. The quantitative estimate of drug-likeness (QED) is 0.613. The van der Waals surface area contributed by atoms with Crippen LogP contribution in [0, 0.1) is 5.92 Å². The zero-order chi connectivity index (χ0) is 16.7. The Bertz CT molecular complexity index is 680. The molecule has 0 saturated heterocycles. The summed E-state index contributed by atoms with van der Waals surface area (Å²) in [6, 6.07) is 7.55. The minimum Gasteiger partial charge on any atom is -0.496 e. The molecule has 0 bridgehead atoms. The zero-order valence-corrected chi connectivity index (χ0v) is 12.9. The second-order valence-corrected chi connectivity index (χ2v) is 4.90. The second-order valence-electron chi connectivity index (χ2n) is 4.90. The van der Waals surface area contributed by atoms with E-state index < -0.39 is 5.92 Å². The van der Waals surface area contributed by atoms with Crippen LogP contribution in [0.15, 0.2) is 40.5 Å². The van der Waals surface area contributed by atoms with Gasteiger partial charge in [-0.2, -0.15) is 10.2 Å². The van der Waals surface area contributed by atoms with Crippen molar-refractivity contribution in [1.82, 2.24) is 10.9 Å². The van der Waals surface area contributed by atoms with Gasteiger partial charge in [0.15, 0.2) is 0 Å². The number of methoxy groups -OCH3 is 1. The highest BCUT2D eigenvalue weighted by molar-refractivity contribution is 6.09. The summed E-state index contributed by atoms with van der Waals surface area (Å²) in [5.74, 6) is -0.376. The summed E-state index contributed by atoms with van der Waals surface area (Å²) in [5.41, 5.74) is 6.22. The van der Waals surface area contributed by atoms with Gasteiger partial charge in [0.2, 0.25) is 11.8 Å². The Kier molecular flexibility index (Phi) is 5.62. The summed E-state index contributed by atoms with van der Waals surface area (Å²) in [5, 5.41) is 7.60. The van der Waals surface area contributed by atoms with Crippen molar-refractivity contribution in [2.24, 2.45) is 16.1 Å². The molecule has 1 unspecified atom stereocenters. The number of hydrazone groups is 2. The summed E-state index contributed by atoms with van der Waals surface area (Å²) >= 11 is 0. The maximum Gasteiger partial charge on any atom is 0.249 e. The van der Waals surface area contributed by atoms with Gasteiger partial charge in [-0.1, -0.05) is 18.2 Å². The van der Waals surface area contributed by atoms with Gasteiger partial charge in [-0.15, -0.1) is 0 Å². The number of nitrogens with one attached hydrogen (secondary N) is 2. The van der Waals surface area contributed by atoms with E-state index in [1.807, 2.05) is 30.3 Å². The van der Waals surface area contributed by atoms with Gasteiger partial charge in [-0.05, 0) is 25.1 Å². The number of amides is 2. The Morgan fingerprint density at radius 2 is 2.26 bits per heavy atom. The number of nitrogens with zero attached hydrogens (tertiary/aromatic N) is 2. The van der Waals surface area contributed by atoms with Crippen LogP contribution in [-0.4, -0.2) is 30.9 Å². The van der Waals surface area contributed by atoms with Gasteiger partial charge >= 0.3 is 0 Å². The van der Waals surface area contributed by atoms with Crippen molar-refractivity contribution in [3.05, 3.63) is 35.9 Å². The first-order valence-corrected chi connectivity index (χ1v) is 7.07. The van der Waals surface area contributed by atoms with Gasteiger partial charge < -0.3 is 4.74 Å². The van der Waals surface area contributed by atoms with Crippen molar-refractivity contribution in [3.63, 3.8) is 0 Å². The SMILES string of the molecule is COc1ccccc1/C=C/C=NNC(=O)CC1C(=O)NN=C1C. The molecule has 7 nitrogen and oxygen atoms in total. The minimum atomic E-state index is -0.519. The lowest BCUT2D eigenvalue weighted by molar-refractivity contribution is -0.127. The number of hydrogen-bond acceptors (Lipinski definition) is 5. The number of allylic oxidation sites excluding steroid dienone is 1. The molecule has 1 heterocycles. The summed E-state index contributed by atoms with van der Waals surface area (Å²) in [6.07, 6.45) is 4.98. The van der Waals surface area contributed by atoms with Crippen LogP contribution in [0.2, 0.25) is 0 Å². The number of benzene rings is 1. The predicted octanol–water partition coefficient (Wildman–Crippen LogP) is 1.32. The van der Waals surface area contributed by atoms with Gasteiger partial charge in [0.05, 0.1) is 13.0 Å². The van der Waals surface area contributed by atoms with Crippen molar-refractivity contribution >= 4 is 29.8 Å². The standard InChI is InChI=1S/C16H18N4O3/c1-11-13(16(22)20-18-11)10-15(21)19-17-9-5-7-12-6-3-4-8-14(12)23-2/h3-9,13H,10H2,1-2H3,(H,19,21)(H,20,22)/b7-5+,17-9?. The van der Waals surface area contributed by atoms with Gasteiger partial charge in [-0.25, -0.2) is 10.9 Å². The molecule has 1 aromatic carbocycles. The third-order valence-corrected chi connectivity index (χ3v) is 3.32. The molecule has 1 aromatic rings. The predicted molar refractivity (Wildman–Crippen MR) is 88.0 cm³/mol. The van der Waals surface area contributed by atoms with Crippen molar-refractivity contribution < 1.29 is 14.3 Å². The van der Waals surface area contributed by atoms with E-state index in [4.69, 9.17) is 4.74 Å². The molecule has 0 spiro atoms. The van der Waals surface area contributed by atoms with Crippen molar-refractivity contribution in [1.29, 1.82) is 0 Å². The Hall–Kier alpha value is -2.96. The Balaban J connectivity index is 1.82. The molecular weight excluding hydrogens is 296 g/mol. The Morgan fingerprint density at radius 3 is 2.96 bits per heavy atom. The van der Waals surface area contributed by atoms with Gasteiger partial charge in [0.1, 0.15) is 5.75 Å². The van der Waals surface area contributed by atoms with Crippen LogP contribution in [0.4, 0.5) is 0 Å². The van der Waals surface area contributed by atoms with Crippen LogP contribution in [-0.2, 0) is 9.59 Å². The van der Waals surface area contributed by atoms with Crippen LogP contribution in [0.3, 0.4) is 0 Å². The average Bonchev–Trinajstić information content (AvgIpc) is 2.87. The van der Waals surface area contributed by atoms with Crippen LogP contribution in [0.5, 0.6) is 5.75 Å². The lowest BCUT2D eigenvalue weighted by Gasteiger charge is -2.05. The molecule has 0 saturated carbocycles. The summed E-state index contributed by atoms with van der Waals surface area (Å²) in [7, 11) is 1.60. The van der Waals surface area contributed by atoms with Crippen LogP contribution in [0.1, 0.15) is 18.9 Å². The van der Waals surface area contributed by atoms with Gasteiger partial charge in [0.25, 0.3) is 0 Å². The van der Waals surface area contributed by atoms with E-state index in [-0.39, 0.29) is 18.2 Å². The molecular formula is C16H18N4O3. The fourth-order valence-corrected chi connectivity index (χ4v) is 2.06. The largest absolute Gasteiger partial charge is 0.496 e. The van der Waals surface area contributed by atoms with E-state index in [1.54, 1.807) is 20.1 Å². The molecule has 7 heteroatoms. The Labute approximate surface area is 134 Å². The summed E-state index contributed by atoms with van der Waals surface area (Å²) in [6.45, 7) is 1.70. The maximum absolute atomic E-state index is 11.7. The molecule has 0 fully saturated rings. The normalized spacial score (nSPS) is 17.4. The van der Waals surface area contributed by atoms with E-state index in [2.05, 4.69) is 21.1 Å². The smallest absolute Gasteiger partial charge is 0.249 e. The average molecular weight is 314 g/mol. The molecule has 0 radical (unpaired) electrons. The molecule has 0 aromatic heterocycles. The monoisotopic (exact) mass is 314 g/mol. The molecule has 1 aliphatic heterocycles. The summed E-state index contributed by atoms with van der Waals surface area (Å²) < 4.78 is 5.22. The summed E-state index contributed by atoms with van der Waals surface area (Å²) in [4.78, 5) is 23.2. The second kappa shape index (κ2) is 7.88. The van der Waals surface area contributed by atoms with E-state index >= 15 is 0 Å². The van der Waals surface area contributed by atoms with Crippen LogP contribution >= 0.6 is 0 Å². The number of ether oxygens (including phenoxy) is 1. The van der Waals surface area contributed by atoms with Crippen LogP contribution < -0.4 is 15.6 Å². The maximum atomic E-state index is 11.7. The fraction of sp³-hybridized carbons (Fsp3) is 0.250. The number of carbonyl (C=O) groups is 2. The van der Waals surface area contributed by atoms with Crippen molar-refractivity contribution in [2.45, 2.75) is 13.3 Å². The lowest BCUT2D eigenvalue weighted by atomic mass is 10.0. The molecule has 2 amide bonds. The lowest BCUT2D eigenvalue weighted by Crippen LogP contribution is -2.29. The number of hydrogen-bond donors (Lipinski definition) is 2. The topological polar surface area (TPSA) is 92.1 Å². The van der Waals surface area contributed by atoms with Gasteiger partial charge in [0, 0.05) is 23.9 Å². The van der Waals surface area contributed by atoms with Crippen molar-refractivity contribution in [3.8, 4) is 5.75 Å². The fourth-order valence-electron chi connectivity index (χ4n) is 2.06. The molecule has 1 aliphatic rings. The first kappa shape index (κ1) is 16.4. The number of carbonyl (C=O) groups excluding carboxylic acids is 2. The number of para-hydroxylation sites is 1. The van der Waals surface area contributed by atoms with Crippen molar-refractivity contribution in [2.75, 3.05) is 7.11 Å². The molecule has 120 valence electrons. The molecule has 2 rings (SSSR count). The highest BCUT2D eigenvalue weighted by Crippen LogP contribution is 2.18. The molecule has 0 aliphatic carbocycles. The number of rotatable bonds is 6.